The van der Waals surface area contributed by atoms with E-state index in [0.717, 1.165) is 12.1 Å². The SMILES string of the molecule is CNC(C)Cc1cccc(CF)n1. The number of likely N-dealkylation sites (N-methyl/N-ethyl adjacent to an activating group) is 1. The Balaban J connectivity index is 2.66. The topological polar surface area (TPSA) is 24.9 Å². The third-order valence-corrected chi connectivity index (χ3v) is 2.01. The van der Waals surface area contributed by atoms with E-state index in [2.05, 4.69) is 17.2 Å². The molecular weight excluding hydrogens is 167 g/mol. The second-order valence-electron chi connectivity index (χ2n) is 3.15. The van der Waals surface area contributed by atoms with E-state index in [4.69, 9.17) is 0 Å². The summed E-state index contributed by atoms with van der Waals surface area (Å²) in [5, 5.41) is 3.12. The molecule has 2 nitrogen and oxygen atoms in total. The summed E-state index contributed by atoms with van der Waals surface area (Å²) >= 11 is 0. The van der Waals surface area contributed by atoms with Crippen LogP contribution in [0, 0.1) is 0 Å². The van der Waals surface area contributed by atoms with Crippen LogP contribution in [0.25, 0.3) is 0 Å². The monoisotopic (exact) mass is 182 g/mol. The highest BCUT2D eigenvalue weighted by atomic mass is 19.1. The average Bonchev–Trinajstić information content (AvgIpc) is 2.18. The fraction of sp³-hybridized carbons (Fsp3) is 0.500. The van der Waals surface area contributed by atoms with E-state index in [9.17, 15) is 4.39 Å². The van der Waals surface area contributed by atoms with Crippen LogP contribution in [0.2, 0.25) is 0 Å². The number of pyridine rings is 1. The summed E-state index contributed by atoms with van der Waals surface area (Å²) in [6.07, 6.45) is 0.838. The fourth-order valence-corrected chi connectivity index (χ4v) is 1.13. The first-order valence-corrected chi connectivity index (χ1v) is 4.44. The van der Waals surface area contributed by atoms with Crippen LogP contribution >= 0.6 is 0 Å². The van der Waals surface area contributed by atoms with Gasteiger partial charge in [0.1, 0.15) is 6.67 Å². The summed E-state index contributed by atoms with van der Waals surface area (Å²) < 4.78 is 12.2. The van der Waals surface area contributed by atoms with Crippen LogP contribution in [-0.4, -0.2) is 18.1 Å². The van der Waals surface area contributed by atoms with Crippen LogP contribution in [0.5, 0.6) is 0 Å². The molecule has 1 aromatic rings. The van der Waals surface area contributed by atoms with Crippen molar-refractivity contribution in [3.8, 4) is 0 Å². The number of nitrogens with zero attached hydrogens (tertiary/aromatic N) is 1. The van der Waals surface area contributed by atoms with Crippen molar-refractivity contribution in [2.75, 3.05) is 7.05 Å². The van der Waals surface area contributed by atoms with Gasteiger partial charge in [-0.1, -0.05) is 6.07 Å². The number of alkyl halides is 1. The highest BCUT2D eigenvalue weighted by Crippen LogP contribution is 2.03. The molecule has 0 amide bonds. The minimum Gasteiger partial charge on any atom is -0.317 e. The Morgan fingerprint density at radius 2 is 2.15 bits per heavy atom. The highest BCUT2D eigenvalue weighted by Gasteiger charge is 2.02. The Hall–Kier alpha value is -0.960. The van der Waals surface area contributed by atoms with E-state index in [-0.39, 0.29) is 0 Å². The molecule has 0 aromatic carbocycles. The standard InChI is InChI=1S/C10H15FN2/c1-8(12-2)6-9-4-3-5-10(7-11)13-9/h3-5,8,12H,6-7H2,1-2H3. The third kappa shape index (κ3) is 3.11. The van der Waals surface area contributed by atoms with Crippen molar-refractivity contribution < 1.29 is 4.39 Å². The van der Waals surface area contributed by atoms with Crippen molar-refractivity contribution in [1.29, 1.82) is 0 Å². The molecule has 1 heterocycles. The predicted molar refractivity (Wildman–Crippen MR) is 51.3 cm³/mol. The molecule has 1 unspecified atom stereocenters. The fourth-order valence-electron chi connectivity index (χ4n) is 1.13. The molecule has 0 radical (unpaired) electrons. The van der Waals surface area contributed by atoms with Crippen LogP contribution in [0.15, 0.2) is 18.2 Å². The van der Waals surface area contributed by atoms with Crippen LogP contribution in [0.3, 0.4) is 0 Å². The van der Waals surface area contributed by atoms with Crippen molar-refractivity contribution in [2.24, 2.45) is 0 Å². The van der Waals surface area contributed by atoms with Gasteiger partial charge in [-0.3, -0.25) is 4.98 Å². The van der Waals surface area contributed by atoms with Gasteiger partial charge in [0.15, 0.2) is 0 Å². The second-order valence-corrected chi connectivity index (χ2v) is 3.15. The van der Waals surface area contributed by atoms with Crippen LogP contribution in [0.4, 0.5) is 4.39 Å². The first kappa shape index (κ1) is 10.1. The highest BCUT2D eigenvalue weighted by molar-refractivity contribution is 5.11. The maximum absolute atomic E-state index is 12.2. The molecule has 13 heavy (non-hydrogen) atoms. The Morgan fingerprint density at radius 3 is 2.77 bits per heavy atom. The second kappa shape index (κ2) is 4.92. The minimum atomic E-state index is -0.484. The van der Waals surface area contributed by atoms with Gasteiger partial charge in [0, 0.05) is 18.2 Å². The van der Waals surface area contributed by atoms with E-state index < -0.39 is 6.67 Å². The Kier molecular flexibility index (Phi) is 3.83. The molecule has 3 heteroatoms. The molecule has 1 rings (SSSR count). The van der Waals surface area contributed by atoms with Crippen LogP contribution < -0.4 is 5.32 Å². The minimum absolute atomic E-state index is 0.377. The summed E-state index contributed by atoms with van der Waals surface area (Å²) in [6, 6.07) is 5.85. The predicted octanol–water partition coefficient (Wildman–Crippen LogP) is 1.70. The molecule has 0 fully saturated rings. The maximum Gasteiger partial charge on any atom is 0.131 e. The van der Waals surface area contributed by atoms with E-state index >= 15 is 0 Å². The van der Waals surface area contributed by atoms with Crippen molar-refractivity contribution in [3.63, 3.8) is 0 Å². The molecule has 0 saturated carbocycles. The first-order chi connectivity index (χ1) is 6.26. The van der Waals surface area contributed by atoms with Crippen molar-refractivity contribution in [3.05, 3.63) is 29.6 Å². The van der Waals surface area contributed by atoms with E-state index in [1.165, 1.54) is 0 Å². The lowest BCUT2D eigenvalue weighted by Gasteiger charge is -2.09. The third-order valence-electron chi connectivity index (χ3n) is 2.01. The summed E-state index contributed by atoms with van der Waals surface area (Å²) in [6.45, 7) is 1.59. The molecule has 1 aromatic heterocycles. The summed E-state index contributed by atoms with van der Waals surface area (Å²) in [4.78, 5) is 4.16. The maximum atomic E-state index is 12.2. The van der Waals surface area contributed by atoms with Gasteiger partial charge in [0.2, 0.25) is 0 Å². The van der Waals surface area contributed by atoms with Gasteiger partial charge in [-0.15, -0.1) is 0 Å². The molecule has 0 aliphatic carbocycles. The lowest BCUT2D eigenvalue weighted by Crippen LogP contribution is -2.24. The molecule has 1 N–H and O–H groups in total. The lowest BCUT2D eigenvalue weighted by atomic mass is 10.1. The molecule has 0 aliphatic rings. The van der Waals surface area contributed by atoms with Gasteiger partial charge in [-0.2, -0.15) is 0 Å². The summed E-state index contributed by atoms with van der Waals surface area (Å²) in [5.74, 6) is 0. The quantitative estimate of drug-likeness (QED) is 0.766. The Bertz CT molecular complexity index is 263. The van der Waals surface area contributed by atoms with Gasteiger partial charge < -0.3 is 5.32 Å². The number of halogens is 1. The number of hydrogen-bond acceptors (Lipinski definition) is 2. The van der Waals surface area contributed by atoms with E-state index in [1.54, 1.807) is 6.07 Å². The van der Waals surface area contributed by atoms with Crippen molar-refractivity contribution in [1.82, 2.24) is 10.3 Å². The van der Waals surface area contributed by atoms with Crippen LogP contribution in [-0.2, 0) is 13.1 Å². The van der Waals surface area contributed by atoms with Crippen molar-refractivity contribution in [2.45, 2.75) is 26.1 Å². The molecule has 0 spiro atoms. The Morgan fingerprint density at radius 1 is 1.46 bits per heavy atom. The molecule has 1 atom stereocenters. The number of rotatable bonds is 4. The van der Waals surface area contributed by atoms with Gasteiger partial charge >= 0.3 is 0 Å². The zero-order valence-electron chi connectivity index (χ0n) is 8.05. The van der Waals surface area contributed by atoms with Crippen molar-refractivity contribution >= 4 is 0 Å². The molecule has 0 bridgehead atoms. The smallest absolute Gasteiger partial charge is 0.131 e. The van der Waals surface area contributed by atoms with Gasteiger partial charge in [0.25, 0.3) is 0 Å². The summed E-state index contributed by atoms with van der Waals surface area (Å²) in [7, 11) is 1.91. The normalized spacial score (nSPS) is 12.8. The van der Waals surface area contributed by atoms with Crippen LogP contribution in [0.1, 0.15) is 18.3 Å². The molecule has 0 aliphatic heterocycles. The molecular formula is C10H15FN2. The zero-order chi connectivity index (χ0) is 9.68. The van der Waals surface area contributed by atoms with Gasteiger partial charge in [-0.25, -0.2) is 4.39 Å². The molecule has 72 valence electrons. The van der Waals surface area contributed by atoms with E-state index in [0.29, 0.717) is 11.7 Å². The summed E-state index contributed by atoms with van der Waals surface area (Å²) in [5.41, 5.74) is 1.46. The number of aromatic nitrogens is 1. The largest absolute Gasteiger partial charge is 0.317 e. The average molecular weight is 182 g/mol. The first-order valence-electron chi connectivity index (χ1n) is 4.44. The van der Waals surface area contributed by atoms with Gasteiger partial charge in [-0.05, 0) is 26.1 Å². The van der Waals surface area contributed by atoms with Gasteiger partial charge in [0.05, 0.1) is 5.69 Å². The zero-order valence-corrected chi connectivity index (χ0v) is 8.05. The van der Waals surface area contributed by atoms with E-state index in [1.807, 2.05) is 19.2 Å². The Labute approximate surface area is 78.2 Å². The molecule has 0 saturated heterocycles. The number of nitrogens with one attached hydrogen (secondary N) is 1. The lowest BCUT2D eigenvalue weighted by molar-refractivity contribution is 0.474. The number of hydrogen-bond donors (Lipinski definition) is 1.